The number of para-hydroxylation sites is 2. The maximum absolute atomic E-state index is 12.5. The van der Waals surface area contributed by atoms with Crippen LogP contribution in [0.15, 0.2) is 70.3 Å². The maximum Gasteiger partial charge on any atom is 0.275 e. The standard InChI is InChI=1S/C20H17N5O4S/c1-13(26)23(15-9-5-3-6-10-15)20-21-24(14(2)27)18(30-20)17-19(28)29-22-25(17)16-11-7-4-8-12-16/h3-12,18H,1-2H3. The molecule has 2 aromatic carbocycles. The summed E-state index contributed by atoms with van der Waals surface area (Å²) < 4.78 is 6.24. The number of carbonyl (C=O) groups excluding carboxylic acids is 2. The van der Waals surface area contributed by atoms with Gasteiger partial charge in [0, 0.05) is 26.0 Å². The number of amides is 2. The summed E-state index contributed by atoms with van der Waals surface area (Å²) in [4.78, 5) is 26.1. The molecule has 1 unspecified atom stereocenters. The van der Waals surface area contributed by atoms with Gasteiger partial charge in [-0.3, -0.25) is 14.5 Å². The van der Waals surface area contributed by atoms with Crippen LogP contribution >= 0.6 is 11.8 Å². The second-order valence-electron chi connectivity index (χ2n) is 6.40. The van der Waals surface area contributed by atoms with Gasteiger partial charge in [-0.15, -0.1) is 5.10 Å². The topological polar surface area (TPSA) is 106 Å². The number of thioether (sulfide) groups is 1. The normalized spacial score (nSPS) is 15.7. The van der Waals surface area contributed by atoms with E-state index in [-0.39, 0.29) is 22.7 Å². The summed E-state index contributed by atoms with van der Waals surface area (Å²) in [6, 6.07) is 17.9. The Labute approximate surface area is 176 Å². The molecule has 1 aromatic heterocycles. The molecule has 1 aliphatic heterocycles. The summed E-state index contributed by atoms with van der Waals surface area (Å²) in [5.41, 5.74) is 1.32. The lowest BCUT2D eigenvalue weighted by molar-refractivity contribution is -0.678. The van der Waals surface area contributed by atoms with Crippen LogP contribution in [0, 0.1) is 0 Å². The van der Waals surface area contributed by atoms with Crippen molar-refractivity contribution in [2.24, 2.45) is 5.10 Å². The van der Waals surface area contributed by atoms with Gasteiger partial charge in [0.25, 0.3) is 5.69 Å². The third kappa shape index (κ3) is 3.52. The van der Waals surface area contributed by atoms with Crippen molar-refractivity contribution in [1.82, 2.24) is 10.3 Å². The predicted octanol–water partition coefficient (Wildman–Crippen LogP) is 1.94. The molecule has 4 rings (SSSR count). The molecule has 0 aliphatic carbocycles. The number of hydrazone groups is 1. The van der Waals surface area contributed by atoms with Crippen molar-refractivity contribution in [3.05, 3.63) is 66.4 Å². The number of aromatic nitrogens is 2. The second-order valence-corrected chi connectivity index (χ2v) is 7.45. The van der Waals surface area contributed by atoms with E-state index in [1.54, 1.807) is 48.5 Å². The Balaban J connectivity index is 1.76. The van der Waals surface area contributed by atoms with Gasteiger partial charge < -0.3 is 9.63 Å². The van der Waals surface area contributed by atoms with Crippen LogP contribution in [-0.4, -0.2) is 27.3 Å². The highest BCUT2D eigenvalue weighted by Crippen LogP contribution is 2.42. The first kappa shape index (κ1) is 19.6. The van der Waals surface area contributed by atoms with Gasteiger partial charge in [-0.2, -0.15) is 0 Å². The van der Waals surface area contributed by atoms with Crippen molar-refractivity contribution in [1.29, 1.82) is 0 Å². The molecule has 2 amide bonds. The molecule has 0 saturated carbocycles. The van der Waals surface area contributed by atoms with Crippen LogP contribution in [0.1, 0.15) is 24.9 Å². The molecule has 0 fully saturated rings. The van der Waals surface area contributed by atoms with Gasteiger partial charge in [-0.25, -0.2) is 5.01 Å². The first-order chi connectivity index (χ1) is 14.5. The average molecular weight is 423 g/mol. The zero-order valence-corrected chi connectivity index (χ0v) is 16.9. The van der Waals surface area contributed by atoms with E-state index in [0.717, 1.165) is 16.8 Å². The maximum atomic E-state index is 12.5. The third-order valence-electron chi connectivity index (χ3n) is 4.35. The third-order valence-corrected chi connectivity index (χ3v) is 5.47. The van der Waals surface area contributed by atoms with Crippen LogP contribution in [0.3, 0.4) is 0 Å². The highest BCUT2D eigenvalue weighted by atomic mass is 32.2. The Kier molecular flexibility index (Phi) is 5.23. The molecule has 3 aromatic rings. The van der Waals surface area contributed by atoms with E-state index in [1.165, 1.54) is 23.4 Å². The number of amidine groups is 1. The van der Waals surface area contributed by atoms with Crippen molar-refractivity contribution in [3.63, 3.8) is 0 Å². The first-order valence-corrected chi connectivity index (χ1v) is 9.90. The van der Waals surface area contributed by atoms with Crippen molar-refractivity contribution in [2.45, 2.75) is 19.2 Å². The quantitative estimate of drug-likeness (QED) is 0.596. The van der Waals surface area contributed by atoms with Gasteiger partial charge in [0.2, 0.25) is 17.5 Å². The Bertz CT molecular complexity index is 1120. The van der Waals surface area contributed by atoms with Crippen LogP contribution in [0.2, 0.25) is 0 Å². The molecule has 30 heavy (non-hydrogen) atoms. The number of hydrogen-bond acceptors (Lipinski definition) is 7. The van der Waals surface area contributed by atoms with E-state index in [0.29, 0.717) is 11.4 Å². The lowest BCUT2D eigenvalue weighted by atomic mass is 10.3. The van der Waals surface area contributed by atoms with E-state index >= 15 is 0 Å². The summed E-state index contributed by atoms with van der Waals surface area (Å²) in [6.45, 7) is 2.75. The van der Waals surface area contributed by atoms with E-state index in [4.69, 9.17) is 4.52 Å². The monoisotopic (exact) mass is 423 g/mol. The average Bonchev–Trinajstić information content (AvgIpc) is 3.33. The molecule has 9 nitrogen and oxygen atoms in total. The molecule has 0 N–H and O–H groups in total. The van der Waals surface area contributed by atoms with Crippen LogP contribution in [0.5, 0.6) is 5.95 Å². The molecule has 152 valence electrons. The first-order valence-electron chi connectivity index (χ1n) is 9.02. The highest BCUT2D eigenvalue weighted by molar-refractivity contribution is 8.14. The van der Waals surface area contributed by atoms with E-state index in [1.807, 2.05) is 12.1 Å². The fourth-order valence-electron chi connectivity index (χ4n) is 3.04. The van der Waals surface area contributed by atoms with Crippen LogP contribution < -0.4 is 14.7 Å². The minimum absolute atomic E-state index is 0.122. The second kappa shape index (κ2) is 7.99. The number of hydrogen-bond donors (Lipinski definition) is 0. The van der Waals surface area contributed by atoms with Crippen LogP contribution in [-0.2, 0) is 9.59 Å². The molecule has 10 heteroatoms. The molecular weight excluding hydrogens is 406 g/mol. The largest absolute Gasteiger partial charge is 0.539 e. The summed E-state index contributed by atoms with van der Waals surface area (Å²) in [5.74, 6) is -1.35. The summed E-state index contributed by atoms with van der Waals surface area (Å²) >= 11 is 1.10. The van der Waals surface area contributed by atoms with Crippen molar-refractivity contribution in [2.75, 3.05) is 4.90 Å². The molecule has 0 radical (unpaired) electrons. The fourth-order valence-corrected chi connectivity index (χ4v) is 4.32. The molecule has 2 heterocycles. The Morgan fingerprint density at radius 3 is 2.33 bits per heavy atom. The zero-order chi connectivity index (χ0) is 21.3. The van der Waals surface area contributed by atoms with Crippen LogP contribution in [0.4, 0.5) is 5.69 Å². The SMILES string of the molecule is CC(=O)N(C1=NN(C(C)=O)C(c2c([O-])on[n+]2-c2ccccc2)S1)c1ccccc1. The van der Waals surface area contributed by atoms with Gasteiger partial charge in [-0.05, 0) is 28.6 Å². The molecule has 1 atom stereocenters. The van der Waals surface area contributed by atoms with Crippen molar-refractivity contribution in [3.8, 4) is 11.6 Å². The van der Waals surface area contributed by atoms with Gasteiger partial charge in [0.15, 0.2) is 16.5 Å². The van der Waals surface area contributed by atoms with Gasteiger partial charge in [-0.1, -0.05) is 36.4 Å². The Hall–Kier alpha value is -3.66. The highest BCUT2D eigenvalue weighted by Gasteiger charge is 2.43. The minimum atomic E-state index is -0.845. The fraction of sp³-hybridized carbons (Fsp3) is 0.150. The minimum Gasteiger partial charge on any atom is -0.539 e. The van der Waals surface area contributed by atoms with Gasteiger partial charge in [0.05, 0.1) is 11.0 Å². The molecule has 0 saturated heterocycles. The Morgan fingerprint density at radius 2 is 1.73 bits per heavy atom. The number of rotatable bonds is 3. The smallest absolute Gasteiger partial charge is 0.275 e. The lowest BCUT2D eigenvalue weighted by Gasteiger charge is -2.19. The summed E-state index contributed by atoms with van der Waals surface area (Å²) in [6.07, 6.45) is 0. The number of anilines is 1. The lowest BCUT2D eigenvalue weighted by Crippen LogP contribution is -2.40. The molecule has 0 bridgehead atoms. The van der Waals surface area contributed by atoms with E-state index < -0.39 is 11.3 Å². The van der Waals surface area contributed by atoms with E-state index in [2.05, 4.69) is 10.4 Å². The van der Waals surface area contributed by atoms with Crippen LogP contribution in [0.25, 0.3) is 5.69 Å². The van der Waals surface area contributed by atoms with Crippen molar-refractivity contribution >= 4 is 34.4 Å². The predicted molar refractivity (Wildman–Crippen MR) is 107 cm³/mol. The number of benzene rings is 2. The summed E-state index contributed by atoms with van der Waals surface area (Å²) in [5, 5.41) is 21.3. The zero-order valence-electron chi connectivity index (χ0n) is 16.1. The molecular formula is C20H17N5O4S. The molecule has 0 spiro atoms. The van der Waals surface area contributed by atoms with Gasteiger partial charge in [0.1, 0.15) is 0 Å². The Morgan fingerprint density at radius 1 is 1.10 bits per heavy atom. The number of nitrogens with zero attached hydrogens (tertiary/aromatic N) is 5. The summed E-state index contributed by atoms with van der Waals surface area (Å²) in [7, 11) is 0. The van der Waals surface area contributed by atoms with Gasteiger partial charge >= 0.3 is 0 Å². The van der Waals surface area contributed by atoms with Crippen molar-refractivity contribution < 1.29 is 23.9 Å². The number of carbonyl (C=O) groups is 2. The molecule has 1 aliphatic rings. The van der Waals surface area contributed by atoms with E-state index in [9.17, 15) is 14.7 Å².